The summed E-state index contributed by atoms with van der Waals surface area (Å²) in [6.45, 7) is 0.409. The van der Waals surface area contributed by atoms with Gasteiger partial charge < -0.3 is 16.4 Å². The van der Waals surface area contributed by atoms with Crippen molar-refractivity contribution in [2.75, 3.05) is 17.2 Å². The zero-order valence-electron chi connectivity index (χ0n) is 15.8. The van der Waals surface area contributed by atoms with Gasteiger partial charge in [-0.15, -0.1) is 0 Å². The van der Waals surface area contributed by atoms with Gasteiger partial charge in [-0.3, -0.25) is 4.68 Å². The van der Waals surface area contributed by atoms with E-state index in [0.717, 1.165) is 5.56 Å². The van der Waals surface area contributed by atoms with Crippen molar-refractivity contribution in [3.8, 4) is 0 Å². The second-order valence-electron chi connectivity index (χ2n) is 7.35. The fourth-order valence-corrected chi connectivity index (χ4v) is 3.43. The minimum Gasteiger partial charge on any atom is -0.367 e. The summed E-state index contributed by atoms with van der Waals surface area (Å²) in [6, 6.07) is 9.11. The summed E-state index contributed by atoms with van der Waals surface area (Å²) < 4.78 is 39.9. The van der Waals surface area contributed by atoms with Crippen LogP contribution in [0.25, 0.3) is 11.0 Å². The second kappa shape index (κ2) is 7.51. The van der Waals surface area contributed by atoms with E-state index in [4.69, 9.17) is 5.73 Å². The van der Waals surface area contributed by atoms with Crippen molar-refractivity contribution in [3.05, 3.63) is 42.1 Å². The number of hydrogen-bond donors (Lipinski definition) is 3. The Balaban J connectivity index is 1.49. The topological polar surface area (TPSA) is 93.7 Å². The molecule has 1 aromatic carbocycles. The molecule has 7 nitrogen and oxygen atoms in total. The van der Waals surface area contributed by atoms with Crippen molar-refractivity contribution < 1.29 is 13.2 Å². The Kier molecular flexibility index (Phi) is 5.03. The summed E-state index contributed by atoms with van der Waals surface area (Å²) in [5.74, 6) is -0.432. The van der Waals surface area contributed by atoms with Crippen molar-refractivity contribution in [2.24, 2.45) is 18.7 Å². The molecule has 1 aliphatic rings. The van der Waals surface area contributed by atoms with Crippen molar-refractivity contribution in [1.82, 2.24) is 19.7 Å². The van der Waals surface area contributed by atoms with Gasteiger partial charge in [-0.05, 0) is 18.4 Å². The second-order valence-corrected chi connectivity index (χ2v) is 7.35. The molecule has 0 aliphatic heterocycles. The SMILES string of the molecule is Cn1ncc2c(NC3CC(C(F)(F)F)C3)nc(NCC(N)c3ccccc3)nc21. The highest BCUT2D eigenvalue weighted by Crippen LogP contribution is 2.42. The number of halogens is 3. The molecule has 1 fully saturated rings. The Bertz CT molecular complexity index is 981. The molecule has 0 bridgehead atoms. The molecule has 1 unspecified atom stereocenters. The van der Waals surface area contributed by atoms with E-state index >= 15 is 0 Å². The van der Waals surface area contributed by atoms with Gasteiger partial charge in [0.05, 0.1) is 17.5 Å². The smallest absolute Gasteiger partial charge is 0.367 e. The summed E-state index contributed by atoms with van der Waals surface area (Å²) in [5.41, 5.74) is 7.78. The van der Waals surface area contributed by atoms with Crippen molar-refractivity contribution in [2.45, 2.75) is 31.1 Å². The standard InChI is InChI=1S/C19H22F3N7/c1-29-17-14(9-25-29)16(26-13-7-12(8-13)19(20,21)22)27-18(28-17)24-10-15(23)11-5-3-2-4-6-11/h2-6,9,12-13,15H,7-8,10,23H2,1H3,(H2,24,26,27,28). The molecule has 2 aromatic heterocycles. The number of anilines is 2. The Morgan fingerprint density at radius 2 is 1.93 bits per heavy atom. The first-order valence-electron chi connectivity index (χ1n) is 9.38. The van der Waals surface area contributed by atoms with E-state index in [2.05, 4.69) is 25.7 Å². The number of alkyl halides is 3. The molecule has 154 valence electrons. The highest BCUT2D eigenvalue weighted by Gasteiger charge is 2.48. The number of aromatic nitrogens is 4. The first-order chi connectivity index (χ1) is 13.8. The maximum atomic E-state index is 12.8. The molecule has 4 rings (SSSR count). The molecule has 10 heteroatoms. The molecule has 1 saturated carbocycles. The molecular formula is C19H22F3N7. The minimum atomic E-state index is -4.15. The van der Waals surface area contributed by atoms with Crippen LogP contribution in [0.5, 0.6) is 0 Å². The molecular weight excluding hydrogens is 383 g/mol. The van der Waals surface area contributed by atoms with Gasteiger partial charge in [-0.25, -0.2) is 0 Å². The average Bonchev–Trinajstić information content (AvgIpc) is 3.03. The molecule has 29 heavy (non-hydrogen) atoms. The van der Waals surface area contributed by atoms with Crippen molar-refractivity contribution in [3.63, 3.8) is 0 Å². The average molecular weight is 405 g/mol. The van der Waals surface area contributed by atoms with Gasteiger partial charge in [0.2, 0.25) is 5.95 Å². The highest BCUT2D eigenvalue weighted by atomic mass is 19.4. The van der Waals surface area contributed by atoms with Crippen LogP contribution in [0, 0.1) is 5.92 Å². The molecule has 1 atom stereocenters. The number of nitrogens with zero attached hydrogens (tertiary/aromatic N) is 4. The monoisotopic (exact) mass is 405 g/mol. The van der Waals surface area contributed by atoms with Gasteiger partial charge >= 0.3 is 6.18 Å². The van der Waals surface area contributed by atoms with Crippen LogP contribution in [0.15, 0.2) is 36.5 Å². The molecule has 2 heterocycles. The highest BCUT2D eigenvalue weighted by molar-refractivity contribution is 5.87. The van der Waals surface area contributed by atoms with Crippen LogP contribution in [0.1, 0.15) is 24.4 Å². The lowest BCUT2D eigenvalue weighted by molar-refractivity contribution is -0.195. The number of rotatable bonds is 6. The Morgan fingerprint density at radius 3 is 2.62 bits per heavy atom. The zero-order valence-corrected chi connectivity index (χ0v) is 15.8. The first kappa shape index (κ1) is 19.4. The largest absolute Gasteiger partial charge is 0.391 e. The quantitative estimate of drug-likeness (QED) is 0.583. The van der Waals surface area contributed by atoms with Crippen LogP contribution in [0.4, 0.5) is 24.9 Å². The van der Waals surface area contributed by atoms with Gasteiger partial charge in [0.1, 0.15) is 5.82 Å². The Labute approximate surface area is 165 Å². The molecule has 4 N–H and O–H groups in total. The predicted molar refractivity (Wildman–Crippen MR) is 104 cm³/mol. The summed E-state index contributed by atoms with van der Waals surface area (Å²) in [4.78, 5) is 8.93. The van der Waals surface area contributed by atoms with E-state index in [0.29, 0.717) is 29.3 Å². The van der Waals surface area contributed by atoms with E-state index in [1.54, 1.807) is 17.9 Å². The van der Waals surface area contributed by atoms with Crippen LogP contribution < -0.4 is 16.4 Å². The van der Waals surface area contributed by atoms with Crippen LogP contribution in [-0.4, -0.2) is 38.5 Å². The maximum absolute atomic E-state index is 12.8. The number of fused-ring (bicyclic) bond motifs is 1. The number of aryl methyl sites for hydroxylation is 1. The molecule has 0 spiro atoms. The fourth-order valence-electron chi connectivity index (χ4n) is 3.43. The van der Waals surface area contributed by atoms with Gasteiger partial charge in [0.25, 0.3) is 0 Å². The van der Waals surface area contributed by atoms with Crippen molar-refractivity contribution in [1.29, 1.82) is 0 Å². The van der Waals surface area contributed by atoms with E-state index in [1.807, 2.05) is 30.3 Å². The lowest BCUT2D eigenvalue weighted by Gasteiger charge is -2.37. The number of hydrogen-bond acceptors (Lipinski definition) is 6. The molecule has 0 radical (unpaired) electrons. The van der Waals surface area contributed by atoms with Crippen LogP contribution in [0.3, 0.4) is 0 Å². The zero-order chi connectivity index (χ0) is 20.6. The number of nitrogens with two attached hydrogens (primary N) is 1. The van der Waals surface area contributed by atoms with Gasteiger partial charge in [0, 0.05) is 25.7 Å². The van der Waals surface area contributed by atoms with E-state index < -0.39 is 12.1 Å². The Hall–Kier alpha value is -2.88. The van der Waals surface area contributed by atoms with E-state index in [-0.39, 0.29) is 24.9 Å². The minimum absolute atomic E-state index is 0.0386. The van der Waals surface area contributed by atoms with E-state index in [1.165, 1.54) is 0 Å². The molecule has 0 saturated heterocycles. The molecule has 1 aliphatic carbocycles. The van der Waals surface area contributed by atoms with Crippen LogP contribution >= 0.6 is 0 Å². The van der Waals surface area contributed by atoms with Gasteiger partial charge in [-0.2, -0.15) is 28.2 Å². The summed E-state index contributed by atoms with van der Waals surface area (Å²) in [6.07, 6.45) is -2.46. The van der Waals surface area contributed by atoms with Gasteiger partial charge in [0.15, 0.2) is 5.65 Å². The number of nitrogens with one attached hydrogen (secondary N) is 2. The van der Waals surface area contributed by atoms with Gasteiger partial charge in [-0.1, -0.05) is 30.3 Å². The van der Waals surface area contributed by atoms with E-state index in [9.17, 15) is 13.2 Å². The fraction of sp³-hybridized carbons (Fsp3) is 0.421. The first-order valence-corrected chi connectivity index (χ1v) is 9.38. The third-order valence-corrected chi connectivity index (χ3v) is 5.24. The Morgan fingerprint density at radius 1 is 1.21 bits per heavy atom. The summed E-state index contributed by atoms with van der Waals surface area (Å²) in [5, 5.41) is 11.1. The summed E-state index contributed by atoms with van der Waals surface area (Å²) >= 11 is 0. The predicted octanol–water partition coefficient (Wildman–Crippen LogP) is 3.23. The van der Waals surface area contributed by atoms with Crippen LogP contribution in [-0.2, 0) is 7.05 Å². The molecule has 0 amide bonds. The normalized spacial score (nSPS) is 20.3. The lowest BCUT2D eigenvalue weighted by Crippen LogP contribution is -2.43. The number of benzene rings is 1. The van der Waals surface area contributed by atoms with Crippen molar-refractivity contribution >= 4 is 22.8 Å². The third-order valence-electron chi connectivity index (χ3n) is 5.24. The third kappa shape index (κ3) is 4.12. The van der Waals surface area contributed by atoms with Crippen LogP contribution in [0.2, 0.25) is 0 Å². The lowest BCUT2D eigenvalue weighted by atomic mass is 9.80. The molecule has 3 aromatic rings. The summed E-state index contributed by atoms with van der Waals surface area (Å²) in [7, 11) is 1.75. The maximum Gasteiger partial charge on any atom is 0.391 e.